The summed E-state index contributed by atoms with van der Waals surface area (Å²) in [6.45, 7) is 6.87. The largest absolute Gasteiger partial charge is 0.398 e. The van der Waals surface area contributed by atoms with Crippen molar-refractivity contribution in [3.8, 4) is 0 Å². The summed E-state index contributed by atoms with van der Waals surface area (Å²) in [6, 6.07) is 4.20. The predicted octanol–water partition coefficient (Wildman–Crippen LogP) is 4.05. The molecule has 1 aromatic carbocycles. The van der Waals surface area contributed by atoms with Gasteiger partial charge in [0.1, 0.15) is 0 Å². The molecule has 0 bridgehead atoms. The van der Waals surface area contributed by atoms with Gasteiger partial charge in [-0.3, -0.25) is 0 Å². The maximum atomic E-state index is 6.07. The fourth-order valence-corrected chi connectivity index (χ4v) is 4.05. The van der Waals surface area contributed by atoms with E-state index in [1.807, 2.05) is 6.07 Å². The normalized spacial score (nSPS) is 22.1. The SMILES string of the molecule is Cc1ccc(N)c(C)c1N1CC2(CCCCCC2)C1. The number of hydrogen-bond acceptors (Lipinski definition) is 2. The lowest BCUT2D eigenvalue weighted by molar-refractivity contribution is 0.180. The Hall–Kier alpha value is -1.18. The van der Waals surface area contributed by atoms with Crippen LogP contribution in [-0.4, -0.2) is 13.1 Å². The van der Waals surface area contributed by atoms with Crippen LogP contribution in [0.1, 0.15) is 49.7 Å². The molecule has 1 saturated heterocycles. The van der Waals surface area contributed by atoms with Crippen molar-refractivity contribution < 1.29 is 0 Å². The number of hydrogen-bond donors (Lipinski definition) is 1. The fraction of sp³-hybridized carbons (Fsp3) is 0.647. The van der Waals surface area contributed by atoms with Gasteiger partial charge in [0.2, 0.25) is 0 Å². The highest BCUT2D eigenvalue weighted by Crippen LogP contribution is 2.46. The molecule has 0 aromatic heterocycles. The van der Waals surface area contributed by atoms with Crippen LogP contribution in [0.2, 0.25) is 0 Å². The third-order valence-corrected chi connectivity index (χ3v) is 5.21. The first-order chi connectivity index (χ1) is 9.11. The Kier molecular flexibility index (Phi) is 3.20. The lowest BCUT2D eigenvalue weighted by atomic mass is 9.73. The molecule has 3 rings (SSSR count). The molecule has 1 heterocycles. The maximum Gasteiger partial charge on any atom is 0.0446 e. The lowest BCUT2D eigenvalue weighted by Gasteiger charge is -2.52. The zero-order valence-electron chi connectivity index (χ0n) is 12.3. The minimum absolute atomic E-state index is 0.625. The minimum atomic E-state index is 0.625. The molecule has 2 nitrogen and oxygen atoms in total. The Morgan fingerprint density at radius 1 is 1.00 bits per heavy atom. The summed E-state index contributed by atoms with van der Waals surface area (Å²) in [7, 11) is 0. The van der Waals surface area contributed by atoms with Gasteiger partial charge in [-0.15, -0.1) is 0 Å². The van der Waals surface area contributed by atoms with Gasteiger partial charge in [0, 0.05) is 29.9 Å². The van der Waals surface area contributed by atoms with Crippen LogP contribution in [0.4, 0.5) is 11.4 Å². The number of benzene rings is 1. The van der Waals surface area contributed by atoms with Crippen molar-refractivity contribution in [1.82, 2.24) is 0 Å². The first kappa shape index (κ1) is 12.8. The topological polar surface area (TPSA) is 29.3 Å². The van der Waals surface area contributed by atoms with E-state index in [1.54, 1.807) is 0 Å². The van der Waals surface area contributed by atoms with Crippen molar-refractivity contribution in [2.45, 2.75) is 52.4 Å². The summed E-state index contributed by atoms with van der Waals surface area (Å²) in [5, 5.41) is 0. The molecule has 19 heavy (non-hydrogen) atoms. The molecule has 0 amide bonds. The Labute approximate surface area is 117 Å². The van der Waals surface area contributed by atoms with Crippen LogP contribution in [0.3, 0.4) is 0 Å². The number of nitrogen functional groups attached to an aromatic ring is 1. The number of nitrogens with zero attached hydrogens (tertiary/aromatic N) is 1. The lowest BCUT2D eigenvalue weighted by Crippen LogP contribution is -2.56. The fourth-order valence-electron chi connectivity index (χ4n) is 4.05. The molecule has 1 saturated carbocycles. The highest BCUT2D eigenvalue weighted by molar-refractivity contribution is 5.69. The highest BCUT2D eigenvalue weighted by atomic mass is 15.2. The van der Waals surface area contributed by atoms with Crippen molar-refractivity contribution in [3.05, 3.63) is 23.3 Å². The van der Waals surface area contributed by atoms with Gasteiger partial charge < -0.3 is 10.6 Å². The minimum Gasteiger partial charge on any atom is -0.398 e. The van der Waals surface area contributed by atoms with E-state index < -0.39 is 0 Å². The monoisotopic (exact) mass is 258 g/mol. The Bertz CT molecular complexity index is 462. The van der Waals surface area contributed by atoms with E-state index in [2.05, 4.69) is 24.8 Å². The van der Waals surface area contributed by atoms with Crippen LogP contribution < -0.4 is 10.6 Å². The molecular weight excluding hydrogens is 232 g/mol. The zero-order chi connectivity index (χ0) is 13.5. The summed E-state index contributed by atoms with van der Waals surface area (Å²) in [5.41, 5.74) is 11.7. The molecule has 2 fully saturated rings. The second-order valence-electron chi connectivity index (χ2n) is 6.72. The number of anilines is 2. The Morgan fingerprint density at radius 3 is 2.26 bits per heavy atom. The zero-order valence-corrected chi connectivity index (χ0v) is 12.3. The summed E-state index contributed by atoms with van der Waals surface area (Å²) in [4.78, 5) is 2.56. The smallest absolute Gasteiger partial charge is 0.0446 e. The second kappa shape index (κ2) is 4.73. The van der Waals surface area contributed by atoms with Crippen LogP contribution >= 0.6 is 0 Å². The number of aryl methyl sites for hydroxylation is 1. The first-order valence-electron chi connectivity index (χ1n) is 7.72. The van der Waals surface area contributed by atoms with Gasteiger partial charge in [0.05, 0.1) is 0 Å². The molecule has 2 heteroatoms. The molecule has 1 aliphatic heterocycles. The standard InChI is InChI=1S/C17H26N2/c1-13-7-8-15(18)14(2)16(13)19-11-17(12-19)9-5-3-4-6-10-17/h7-8H,3-6,9-12,18H2,1-2H3. The molecule has 2 N–H and O–H groups in total. The van der Waals surface area contributed by atoms with Crippen LogP contribution in [0.25, 0.3) is 0 Å². The van der Waals surface area contributed by atoms with Gasteiger partial charge in [-0.25, -0.2) is 0 Å². The molecular formula is C17H26N2. The van der Waals surface area contributed by atoms with E-state index in [-0.39, 0.29) is 0 Å². The van der Waals surface area contributed by atoms with Crippen LogP contribution in [0.15, 0.2) is 12.1 Å². The molecule has 1 spiro atoms. The van der Waals surface area contributed by atoms with E-state index in [4.69, 9.17) is 5.73 Å². The number of nitrogens with two attached hydrogens (primary N) is 1. The van der Waals surface area contributed by atoms with Gasteiger partial charge in [0.15, 0.2) is 0 Å². The van der Waals surface area contributed by atoms with Crippen molar-refractivity contribution in [2.75, 3.05) is 23.7 Å². The molecule has 104 valence electrons. The van der Waals surface area contributed by atoms with Gasteiger partial charge >= 0.3 is 0 Å². The molecule has 0 atom stereocenters. The van der Waals surface area contributed by atoms with Crippen molar-refractivity contribution >= 4 is 11.4 Å². The Balaban J connectivity index is 1.78. The summed E-state index contributed by atoms with van der Waals surface area (Å²) in [5.74, 6) is 0. The van der Waals surface area contributed by atoms with Gasteiger partial charge in [-0.1, -0.05) is 31.7 Å². The highest BCUT2D eigenvalue weighted by Gasteiger charge is 2.43. The Morgan fingerprint density at radius 2 is 1.63 bits per heavy atom. The average molecular weight is 258 g/mol. The molecule has 2 aliphatic rings. The number of rotatable bonds is 1. The van der Waals surface area contributed by atoms with Crippen molar-refractivity contribution in [1.29, 1.82) is 0 Å². The maximum absolute atomic E-state index is 6.07. The third kappa shape index (κ3) is 2.22. The van der Waals surface area contributed by atoms with E-state index in [9.17, 15) is 0 Å². The molecule has 1 aliphatic carbocycles. The van der Waals surface area contributed by atoms with E-state index >= 15 is 0 Å². The van der Waals surface area contributed by atoms with E-state index in [1.165, 1.54) is 68.4 Å². The van der Waals surface area contributed by atoms with Gasteiger partial charge in [-0.2, -0.15) is 0 Å². The van der Waals surface area contributed by atoms with Crippen molar-refractivity contribution in [3.63, 3.8) is 0 Å². The molecule has 0 radical (unpaired) electrons. The van der Waals surface area contributed by atoms with Gasteiger partial charge in [0.25, 0.3) is 0 Å². The van der Waals surface area contributed by atoms with E-state index in [0.29, 0.717) is 5.41 Å². The summed E-state index contributed by atoms with van der Waals surface area (Å²) < 4.78 is 0. The van der Waals surface area contributed by atoms with E-state index in [0.717, 1.165) is 5.69 Å². The van der Waals surface area contributed by atoms with Crippen LogP contribution in [-0.2, 0) is 0 Å². The average Bonchev–Trinajstić information content (AvgIpc) is 2.59. The summed E-state index contributed by atoms with van der Waals surface area (Å²) in [6.07, 6.45) is 8.62. The molecule has 0 unspecified atom stereocenters. The van der Waals surface area contributed by atoms with Gasteiger partial charge in [-0.05, 0) is 43.9 Å². The van der Waals surface area contributed by atoms with Crippen LogP contribution in [0.5, 0.6) is 0 Å². The van der Waals surface area contributed by atoms with Crippen molar-refractivity contribution in [2.24, 2.45) is 5.41 Å². The third-order valence-electron chi connectivity index (χ3n) is 5.21. The summed E-state index contributed by atoms with van der Waals surface area (Å²) >= 11 is 0. The predicted molar refractivity (Wildman–Crippen MR) is 82.7 cm³/mol. The second-order valence-corrected chi connectivity index (χ2v) is 6.72. The quantitative estimate of drug-likeness (QED) is 0.770. The van der Waals surface area contributed by atoms with Crippen LogP contribution in [0, 0.1) is 19.3 Å². The molecule has 1 aromatic rings. The first-order valence-corrected chi connectivity index (χ1v) is 7.72.